The number of terminal acetylenes is 1. The number of hydrogen-bond donors (Lipinski definition) is 3. The van der Waals surface area contributed by atoms with Gasteiger partial charge in [0.2, 0.25) is 5.91 Å². The number of hydrogen-bond acceptors (Lipinski definition) is 8. The molecule has 26 heavy (non-hydrogen) atoms. The molecule has 1 amide bonds. The highest BCUT2D eigenvalue weighted by Gasteiger charge is 1.97. The molecule has 0 fully saturated rings. The Kier molecular flexibility index (Phi) is 35.8. The van der Waals surface area contributed by atoms with Gasteiger partial charge in [-0.05, 0) is 14.1 Å². The van der Waals surface area contributed by atoms with Gasteiger partial charge in [-0.2, -0.15) is 0 Å². The summed E-state index contributed by atoms with van der Waals surface area (Å²) in [5, 5.41) is 2.53. The molecule has 5 N–H and O–H groups in total. The van der Waals surface area contributed by atoms with Gasteiger partial charge in [0.25, 0.3) is 0 Å². The van der Waals surface area contributed by atoms with Gasteiger partial charge in [-0.1, -0.05) is 5.92 Å². The largest absolute Gasteiger partial charge is 0.379 e. The molecule has 0 aliphatic rings. The maximum Gasteiger partial charge on any atom is 0.222 e. The molecule has 0 unspecified atom stereocenters. The van der Waals surface area contributed by atoms with Crippen LogP contribution in [0, 0.1) is 12.3 Å². The Bertz CT molecular complexity index is 301. The van der Waals surface area contributed by atoms with Crippen LogP contribution >= 0.6 is 0 Å². The zero-order valence-corrected chi connectivity index (χ0v) is 16.5. The van der Waals surface area contributed by atoms with Gasteiger partial charge in [0.15, 0.2) is 0 Å². The first-order valence-corrected chi connectivity index (χ1v) is 8.49. The number of carbonyl (C=O) groups is 1. The Morgan fingerprint density at radius 3 is 1.46 bits per heavy atom. The molecule has 0 heterocycles. The number of amides is 1. The maximum absolute atomic E-state index is 10.9. The second-order valence-electron chi connectivity index (χ2n) is 4.13. The molecule has 0 bridgehead atoms. The summed E-state index contributed by atoms with van der Waals surface area (Å²) in [5.74, 6) is 2.35. The topological polar surface area (TPSA) is 127 Å². The number of ether oxygens (including phenoxy) is 5. The van der Waals surface area contributed by atoms with E-state index in [1.54, 1.807) is 7.05 Å². The molecule has 0 saturated carbocycles. The summed E-state index contributed by atoms with van der Waals surface area (Å²) < 4.78 is 26.2. The highest BCUT2D eigenvalue weighted by atomic mass is 16.6. The van der Waals surface area contributed by atoms with Crippen LogP contribution in [0.25, 0.3) is 0 Å². The first kappa shape index (κ1) is 29.5. The van der Waals surface area contributed by atoms with E-state index in [0.717, 1.165) is 0 Å². The van der Waals surface area contributed by atoms with Gasteiger partial charge in [-0.25, -0.2) is 0 Å². The SMILES string of the molecule is C#CCOCCOCCOCCOCCOCCC(=O)NC.CN.CN. The van der Waals surface area contributed by atoms with Gasteiger partial charge in [0.05, 0.1) is 59.5 Å². The standard InChI is InChI=1S/C15H27NO6.2CH5N/c1-3-5-18-7-9-20-11-13-22-14-12-21-10-8-19-6-4-15(17)16-2;2*1-2/h1H,4-14H2,2H3,(H,16,17);2*2H2,1H3. The Balaban J connectivity index is -0.00000123. The molecule has 0 atom stereocenters. The van der Waals surface area contributed by atoms with Crippen molar-refractivity contribution >= 4 is 5.91 Å². The average Bonchev–Trinajstić information content (AvgIpc) is 2.70. The Labute approximate surface area is 158 Å². The van der Waals surface area contributed by atoms with Gasteiger partial charge in [0.1, 0.15) is 6.61 Å². The summed E-state index contributed by atoms with van der Waals surface area (Å²) in [6, 6.07) is 0. The normalized spacial score (nSPS) is 9.23. The van der Waals surface area contributed by atoms with E-state index >= 15 is 0 Å². The zero-order valence-electron chi connectivity index (χ0n) is 16.5. The van der Waals surface area contributed by atoms with Crippen LogP contribution in [0.2, 0.25) is 0 Å². The highest BCUT2D eigenvalue weighted by molar-refractivity contribution is 5.75. The van der Waals surface area contributed by atoms with Crippen molar-refractivity contribution in [3.63, 3.8) is 0 Å². The lowest BCUT2D eigenvalue weighted by atomic mass is 10.4. The fourth-order valence-electron chi connectivity index (χ4n) is 1.30. The highest BCUT2D eigenvalue weighted by Crippen LogP contribution is 1.85. The monoisotopic (exact) mass is 379 g/mol. The van der Waals surface area contributed by atoms with Gasteiger partial charge >= 0.3 is 0 Å². The van der Waals surface area contributed by atoms with Crippen LogP contribution in [0.3, 0.4) is 0 Å². The third-order valence-electron chi connectivity index (χ3n) is 2.43. The molecule has 0 spiro atoms. The minimum absolute atomic E-state index is 0.0286. The predicted molar refractivity (Wildman–Crippen MR) is 102 cm³/mol. The molecule has 0 aromatic carbocycles. The Hall–Kier alpha value is -1.25. The van der Waals surface area contributed by atoms with E-state index in [-0.39, 0.29) is 5.91 Å². The van der Waals surface area contributed by atoms with E-state index in [1.807, 2.05) is 0 Å². The third kappa shape index (κ3) is 30.6. The Morgan fingerprint density at radius 1 is 0.769 bits per heavy atom. The van der Waals surface area contributed by atoms with E-state index < -0.39 is 0 Å². The summed E-state index contributed by atoms with van der Waals surface area (Å²) in [4.78, 5) is 10.9. The molecule has 0 saturated heterocycles. The fraction of sp³-hybridized carbons (Fsp3) is 0.824. The number of nitrogens with two attached hydrogens (primary N) is 2. The second-order valence-corrected chi connectivity index (χ2v) is 4.13. The fourth-order valence-corrected chi connectivity index (χ4v) is 1.30. The van der Waals surface area contributed by atoms with Crippen molar-refractivity contribution < 1.29 is 28.5 Å². The van der Waals surface area contributed by atoms with Crippen molar-refractivity contribution in [2.24, 2.45) is 11.5 Å². The molecular weight excluding hydrogens is 342 g/mol. The second kappa shape index (κ2) is 31.5. The van der Waals surface area contributed by atoms with Crippen molar-refractivity contribution in [2.75, 3.05) is 87.2 Å². The number of rotatable bonds is 16. The number of nitrogens with one attached hydrogen (secondary N) is 1. The summed E-state index contributed by atoms with van der Waals surface area (Å²) in [6.45, 7) is 4.72. The van der Waals surface area contributed by atoms with Gasteiger partial charge in [-0.3, -0.25) is 4.79 Å². The van der Waals surface area contributed by atoms with Crippen molar-refractivity contribution in [2.45, 2.75) is 6.42 Å². The van der Waals surface area contributed by atoms with Crippen LogP contribution in [0.4, 0.5) is 0 Å². The van der Waals surface area contributed by atoms with E-state index in [1.165, 1.54) is 14.1 Å². The molecule has 0 aliphatic heterocycles. The minimum Gasteiger partial charge on any atom is -0.379 e. The molecule has 0 aliphatic carbocycles. The van der Waals surface area contributed by atoms with Crippen molar-refractivity contribution in [1.82, 2.24) is 5.32 Å². The summed E-state index contributed by atoms with van der Waals surface area (Å²) in [6.07, 6.45) is 5.40. The van der Waals surface area contributed by atoms with E-state index in [9.17, 15) is 4.79 Å². The molecule has 0 aromatic rings. The van der Waals surface area contributed by atoms with Crippen LogP contribution in [0.1, 0.15) is 6.42 Å². The lowest BCUT2D eigenvalue weighted by Crippen LogP contribution is -2.20. The van der Waals surface area contributed by atoms with Crippen molar-refractivity contribution in [3.05, 3.63) is 0 Å². The van der Waals surface area contributed by atoms with Crippen LogP contribution in [-0.4, -0.2) is 93.1 Å². The smallest absolute Gasteiger partial charge is 0.222 e. The molecular formula is C17H37N3O6. The molecule has 9 heteroatoms. The molecule has 156 valence electrons. The summed E-state index contributed by atoms with van der Waals surface area (Å²) in [5.41, 5.74) is 9.00. The Morgan fingerprint density at radius 2 is 1.12 bits per heavy atom. The lowest BCUT2D eigenvalue weighted by molar-refractivity contribution is -0.121. The summed E-state index contributed by atoms with van der Waals surface area (Å²) in [7, 11) is 4.60. The van der Waals surface area contributed by atoms with E-state index in [4.69, 9.17) is 30.1 Å². The summed E-state index contributed by atoms with van der Waals surface area (Å²) >= 11 is 0. The predicted octanol–water partition coefficient (Wildman–Crippen LogP) is -1.01. The first-order chi connectivity index (χ1) is 12.8. The maximum atomic E-state index is 10.9. The van der Waals surface area contributed by atoms with Gasteiger partial charge in [-0.15, -0.1) is 6.42 Å². The molecule has 9 nitrogen and oxygen atoms in total. The van der Waals surface area contributed by atoms with Gasteiger partial charge < -0.3 is 40.5 Å². The quantitative estimate of drug-likeness (QED) is 0.230. The number of carbonyl (C=O) groups excluding carboxylic acids is 1. The third-order valence-corrected chi connectivity index (χ3v) is 2.43. The van der Waals surface area contributed by atoms with E-state index in [0.29, 0.717) is 72.5 Å². The zero-order chi connectivity index (χ0) is 20.3. The lowest BCUT2D eigenvalue weighted by Gasteiger charge is -2.07. The van der Waals surface area contributed by atoms with E-state index in [2.05, 4.69) is 22.7 Å². The minimum atomic E-state index is -0.0286. The molecule has 0 rings (SSSR count). The first-order valence-electron chi connectivity index (χ1n) is 8.49. The van der Waals surface area contributed by atoms with Crippen LogP contribution in [0.5, 0.6) is 0 Å². The van der Waals surface area contributed by atoms with Crippen LogP contribution in [-0.2, 0) is 28.5 Å². The van der Waals surface area contributed by atoms with Crippen molar-refractivity contribution in [1.29, 1.82) is 0 Å². The van der Waals surface area contributed by atoms with Crippen LogP contribution in [0.15, 0.2) is 0 Å². The molecule has 0 aromatic heterocycles. The molecule has 0 radical (unpaired) electrons. The van der Waals surface area contributed by atoms with Crippen molar-refractivity contribution in [3.8, 4) is 12.3 Å². The van der Waals surface area contributed by atoms with Gasteiger partial charge in [0, 0.05) is 13.5 Å². The average molecular weight is 379 g/mol. The van der Waals surface area contributed by atoms with Crippen LogP contribution < -0.4 is 16.8 Å².